The van der Waals surface area contributed by atoms with Crippen LogP contribution in [-0.2, 0) is 6.42 Å². The maximum absolute atomic E-state index is 13.2. The Morgan fingerprint density at radius 2 is 2.22 bits per heavy atom. The van der Waals surface area contributed by atoms with Crippen molar-refractivity contribution in [2.24, 2.45) is 0 Å². The van der Waals surface area contributed by atoms with Gasteiger partial charge < -0.3 is 14.5 Å². The summed E-state index contributed by atoms with van der Waals surface area (Å²) in [6.07, 6.45) is 0.446. The standard InChI is InChI=1S/C13H15FN2O2/c1-8-12(18-13(15-2)16-8)7-9-6-10(14)4-5-11(9)17-3/h4-6H,7H2,1-3H3,(H,15,16). The Bertz CT molecular complexity index is 552. The van der Waals surface area contributed by atoms with E-state index in [1.807, 2.05) is 6.92 Å². The Morgan fingerprint density at radius 3 is 2.83 bits per heavy atom. The van der Waals surface area contributed by atoms with Crippen LogP contribution in [0.15, 0.2) is 22.6 Å². The van der Waals surface area contributed by atoms with Gasteiger partial charge in [0, 0.05) is 19.0 Å². The number of rotatable bonds is 4. The average Bonchev–Trinajstić information content (AvgIpc) is 2.71. The zero-order chi connectivity index (χ0) is 13.1. The first kappa shape index (κ1) is 12.4. The number of aromatic nitrogens is 1. The monoisotopic (exact) mass is 250 g/mol. The van der Waals surface area contributed by atoms with Gasteiger partial charge in [-0.1, -0.05) is 0 Å². The number of anilines is 1. The highest BCUT2D eigenvalue weighted by molar-refractivity contribution is 5.38. The number of benzene rings is 1. The van der Waals surface area contributed by atoms with Crippen LogP contribution < -0.4 is 10.1 Å². The number of hydrogen-bond donors (Lipinski definition) is 1. The fourth-order valence-electron chi connectivity index (χ4n) is 1.76. The molecule has 1 heterocycles. The maximum atomic E-state index is 13.2. The average molecular weight is 250 g/mol. The molecule has 0 aliphatic carbocycles. The minimum Gasteiger partial charge on any atom is -0.496 e. The third-order valence-corrected chi connectivity index (χ3v) is 2.70. The molecule has 0 fully saturated rings. The molecule has 96 valence electrons. The second-order valence-corrected chi connectivity index (χ2v) is 3.91. The number of nitrogens with one attached hydrogen (secondary N) is 1. The summed E-state index contributed by atoms with van der Waals surface area (Å²) in [7, 11) is 3.29. The Labute approximate surface area is 105 Å². The second kappa shape index (κ2) is 5.08. The number of aryl methyl sites for hydroxylation is 1. The Morgan fingerprint density at radius 1 is 1.44 bits per heavy atom. The summed E-state index contributed by atoms with van der Waals surface area (Å²) in [4.78, 5) is 4.19. The van der Waals surface area contributed by atoms with Crippen molar-refractivity contribution in [1.82, 2.24) is 4.98 Å². The number of hydrogen-bond acceptors (Lipinski definition) is 4. The Balaban J connectivity index is 2.32. The molecule has 0 radical (unpaired) electrons. The lowest BCUT2D eigenvalue weighted by molar-refractivity contribution is 0.407. The molecular formula is C13H15FN2O2. The topological polar surface area (TPSA) is 47.3 Å². The van der Waals surface area contributed by atoms with Crippen molar-refractivity contribution in [2.45, 2.75) is 13.3 Å². The molecule has 0 saturated heterocycles. The van der Waals surface area contributed by atoms with Crippen molar-refractivity contribution >= 4 is 6.01 Å². The molecule has 0 aliphatic heterocycles. The summed E-state index contributed by atoms with van der Waals surface area (Å²) in [6.45, 7) is 1.85. The van der Waals surface area contributed by atoms with Crippen LogP contribution in [0.1, 0.15) is 17.0 Å². The number of methoxy groups -OCH3 is 1. The first-order valence-electron chi connectivity index (χ1n) is 5.60. The molecule has 1 aromatic carbocycles. The first-order valence-corrected chi connectivity index (χ1v) is 5.60. The van der Waals surface area contributed by atoms with E-state index in [-0.39, 0.29) is 5.82 Å². The molecule has 1 N–H and O–H groups in total. The summed E-state index contributed by atoms with van der Waals surface area (Å²) in [6, 6.07) is 4.88. The van der Waals surface area contributed by atoms with Crippen LogP contribution in [0.4, 0.5) is 10.4 Å². The van der Waals surface area contributed by atoms with Crippen molar-refractivity contribution in [2.75, 3.05) is 19.5 Å². The molecule has 0 aliphatic rings. The van der Waals surface area contributed by atoms with E-state index in [1.165, 1.54) is 12.1 Å². The molecule has 0 amide bonds. The van der Waals surface area contributed by atoms with Gasteiger partial charge in [-0.2, -0.15) is 4.98 Å². The Hall–Kier alpha value is -2.04. The molecule has 0 bridgehead atoms. The first-order chi connectivity index (χ1) is 8.63. The minimum absolute atomic E-state index is 0.295. The van der Waals surface area contributed by atoms with Gasteiger partial charge in [-0.05, 0) is 25.1 Å². The SMILES string of the molecule is CNc1nc(C)c(Cc2cc(F)ccc2OC)o1. The lowest BCUT2D eigenvalue weighted by Crippen LogP contribution is -1.95. The van der Waals surface area contributed by atoms with Gasteiger partial charge in [0.2, 0.25) is 0 Å². The summed E-state index contributed by atoms with van der Waals surface area (Å²) < 4.78 is 24.0. The van der Waals surface area contributed by atoms with Gasteiger partial charge in [-0.15, -0.1) is 0 Å². The number of nitrogens with zero attached hydrogens (tertiary/aromatic N) is 1. The quantitative estimate of drug-likeness (QED) is 0.906. The zero-order valence-corrected chi connectivity index (χ0v) is 10.6. The molecule has 2 aromatic rings. The van der Waals surface area contributed by atoms with Gasteiger partial charge in [0.25, 0.3) is 6.01 Å². The van der Waals surface area contributed by atoms with Crippen LogP contribution in [0.3, 0.4) is 0 Å². The van der Waals surface area contributed by atoms with Crippen molar-refractivity contribution in [3.8, 4) is 5.75 Å². The number of halogens is 1. The van der Waals surface area contributed by atoms with Gasteiger partial charge >= 0.3 is 0 Å². The van der Waals surface area contributed by atoms with Crippen molar-refractivity contribution < 1.29 is 13.5 Å². The van der Waals surface area contributed by atoms with Crippen molar-refractivity contribution in [3.05, 3.63) is 41.0 Å². The van der Waals surface area contributed by atoms with E-state index in [0.29, 0.717) is 23.9 Å². The van der Waals surface area contributed by atoms with Gasteiger partial charge in [0.15, 0.2) is 0 Å². The van der Waals surface area contributed by atoms with E-state index >= 15 is 0 Å². The summed E-state index contributed by atoms with van der Waals surface area (Å²) in [5.74, 6) is 1.04. The minimum atomic E-state index is -0.295. The highest BCUT2D eigenvalue weighted by atomic mass is 19.1. The van der Waals surface area contributed by atoms with E-state index < -0.39 is 0 Å². The third kappa shape index (κ3) is 2.45. The van der Waals surface area contributed by atoms with Gasteiger partial charge in [-0.3, -0.25) is 0 Å². The molecule has 18 heavy (non-hydrogen) atoms. The maximum Gasteiger partial charge on any atom is 0.294 e. The molecule has 0 unspecified atom stereocenters. The van der Waals surface area contributed by atoms with Crippen LogP contribution >= 0.6 is 0 Å². The van der Waals surface area contributed by atoms with Gasteiger partial charge in [0.05, 0.1) is 12.8 Å². The number of oxazole rings is 1. The van der Waals surface area contributed by atoms with E-state index in [0.717, 1.165) is 11.3 Å². The van der Waals surface area contributed by atoms with Crippen LogP contribution in [0.25, 0.3) is 0 Å². The number of ether oxygens (including phenoxy) is 1. The highest BCUT2D eigenvalue weighted by Crippen LogP contribution is 2.25. The van der Waals surface area contributed by atoms with Gasteiger partial charge in [-0.25, -0.2) is 4.39 Å². The van der Waals surface area contributed by atoms with Gasteiger partial charge in [0.1, 0.15) is 17.3 Å². The van der Waals surface area contributed by atoms with Crippen LogP contribution in [0, 0.1) is 12.7 Å². The van der Waals surface area contributed by atoms with Crippen LogP contribution in [0.5, 0.6) is 5.75 Å². The molecule has 4 nitrogen and oxygen atoms in total. The summed E-state index contributed by atoms with van der Waals surface area (Å²) in [5, 5.41) is 2.83. The second-order valence-electron chi connectivity index (χ2n) is 3.91. The molecule has 0 saturated carbocycles. The predicted octanol–water partition coefficient (Wildman–Crippen LogP) is 2.76. The van der Waals surface area contributed by atoms with Crippen LogP contribution in [0.2, 0.25) is 0 Å². The van der Waals surface area contributed by atoms with E-state index in [1.54, 1.807) is 20.2 Å². The highest BCUT2D eigenvalue weighted by Gasteiger charge is 2.12. The lowest BCUT2D eigenvalue weighted by atomic mass is 10.1. The summed E-state index contributed by atoms with van der Waals surface area (Å²) in [5.41, 5.74) is 1.52. The lowest BCUT2D eigenvalue weighted by Gasteiger charge is -2.07. The van der Waals surface area contributed by atoms with E-state index in [4.69, 9.17) is 9.15 Å². The fourth-order valence-corrected chi connectivity index (χ4v) is 1.76. The molecule has 0 atom stereocenters. The Kier molecular flexibility index (Phi) is 3.50. The normalized spacial score (nSPS) is 10.4. The largest absolute Gasteiger partial charge is 0.496 e. The van der Waals surface area contributed by atoms with Crippen molar-refractivity contribution in [1.29, 1.82) is 0 Å². The summed E-state index contributed by atoms with van der Waals surface area (Å²) >= 11 is 0. The molecule has 5 heteroatoms. The third-order valence-electron chi connectivity index (χ3n) is 2.70. The molecule has 1 aromatic heterocycles. The molecule has 0 spiro atoms. The zero-order valence-electron chi connectivity index (χ0n) is 10.6. The van der Waals surface area contributed by atoms with Crippen molar-refractivity contribution in [3.63, 3.8) is 0 Å². The predicted molar refractivity (Wildman–Crippen MR) is 66.5 cm³/mol. The van der Waals surface area contributed by atoms with E-state index in [9.17, 15) is 4.39 Å². The molecular weight excluding hydrogens is 235 g/mol. The van der Waals surface area contributed by atoms with Crippen LogP contribution in [-0.4, -0.2) is 19.1 Å². The molecule has 2 rings (SSSR count). The van der Waals surface area contributed by atoms with E-state index in [2.05, 4.69) is 10.3 Å². The fraction of sp³-hybridized carbons (Fsp3) is 0.308. The smallest absolute Gasteiger partial charge is 0.294 e.